The maximum atomic E-state index is 5.23. The Morgan fingerprint density at radius 3 is 2.63 bits per heavy atom. The first-order valence-electron chi connectivity index (χ1n) is 6.86. The summed E-state index contributed by atoms with van der Waals surface area (Å²) in [7, 11) is 0. The third kappa shape index (κ3) is 6.18. The second kappa shape index (κ2) is 8.30. The van der Waals surface area contributed by atoms with Gasteiger partial charge >= 0.3 is 0 Å². The van der Waals surface area contributed by atoms with Crippen molar-refractivity contribution in [1.29, 1.82) is 0 Å². The van der Waals surface area contributed by atoms with Gasteiger partial charge in [0.2, 0.25) is 0 Å². The fraction of sp³-hybridized carbons (Fsp3) is 0.529. The zero-order valence-corrected chi connectivity index (χ0v) is 13.1. The molecule has 1 unspecified atom stereocenters. The van der Waals surface area contributed by atoms with Crippen LogP contribution in [0.3, 0.4) is 0 Å². The third-order valence-corrected chi connectivity index (χ3v) is 4.16. The molecule has 1 aromatic rings. The summed E-state index contributed by atoms with van der Waals surface area (Å²) in [4.78, 5) is 0. The van der Waals surface area contributed by atoms with Gasteiger partial charge in [0.15, 0.2) is 0 Å². The minimum absolute atomic E-state index is 0.208. The van der Waals surface area contributed by atoms with Gasteiger partial charge in [-0.25, -0.2) is 0 Å². The van der Waals surface area contributed by atoms with Crippen LogP contribution in [0.1, 0.15) is 32.8 Å². The molecule has 0 aliphatic carbocycles. The van der Waals surface area contributed by atoms with E-state index in [2.05, 4.69) is 62.3 Å². The number of rotatable bonds is 8. The molecule has 1 N–H and O–H groups in total. The Hall–Kier alpha value is -0.910. The van der Waals surface area contributed by atoms with Crippen LogP contribution in [0, 0.1) is 12.3 Å². The molecular formula is C17H25NS. The SMILES string of the molecule is C#CCSCCNC(C)CC(C)(C)c1ccccc1. The molecule has 1 atom stereocenters. The third-order valence-electron chi connectivity index (χ3n) is 3.30. The number of nitrogens with one attached hydrogen (secondary N) is 1. The van der Waals surface area contributed by atoms with Gasteiger partial charge in [0.1, 0.15) is 0 Å². The van der Waals surface area contributed by atoms with Crippen molar-refractivity contribution in [2.75, 3.05) is 18.1 Å². The highest BCUT2D eigenvalue weighted by molar-refractivity contribution is 7.99. The van der Waals surface area contributed by atoms with Crippen LogP contribution in [0.4, 0.5) is 0 Å². The fourth-order valence-electron chi connectivity index (χ4n) is 2.35. The molecule has 1 aromatic carbocycles. The second-order valence-electron chi connectivity index (χ2n) is 5.57. The van der Waals surface area contributed by atoms with Crippen LogP contribution in [0.2, 0.25) is 0 Å². The highest BCUT2D eigenvalue weighted by atomic mass is 32.2. The molecule has 0 saturated heterocycles. The molecule has 0 spiro atoms. The molecule has 0 aromatic heterocycles. The lowest BCUT2D eigenvalue weighted by Gasteiger charge is -2.29. The van der Waals surface area contributed by atoms with Crippen molar-refractivity contribution < 1.29 is 0 Å². The predicted octanol–water partition coefficient (Wildman–Crippen LogP) is 3.70. The largest absolute Gasteiger partial charge is 0.313 e. The molecule has 1 nitrogen and oxygen atoms in total. The van der Waals surface area contributed by atoms with Gasteiger partial charge in [-0.05, 0) is 24.3 Å². The van der Waals surface area contributed by atoms with E-state index in [0.717, 1.165) is 24.5 Å². The normalized spacial score (nSPS) is 12.9. The molecule has 0 amide bonds. The van der Waals surface area contributed by atoms with Gasteiger partial charge in [0.05, 0.1) is 5.75 Å². The van der Waals surface area contributed by atoms with Crippen molar-refractivity contribution in [2.45, 2.75) is 38.6 Å². The molecule has 104 valence electrons. The quantitative estimate of drug-likeness (QED) is 0.573. The number of thioether (sulfide) groups is 1. The van der Waals surface area contributed by atoms with E-state index in [4.69, 9.17) is 6.42 Å². The van der Waals surface area contributed by atoms with Crippen LogP contribution in [0.15, 0.2) is 30.3 Å². The Bertz CT molecular complexity index is 391. The zero-order valence-electron chi connectivity index (χ0n) is 12.3. The van der Waals surface area contributed by atoms with E-state index in [-0.39, 0.29) is 5.41 Å². The molecule has 0 heterocycles. The van der Waals surface area contributed by atoms with E-state index in [1.165, 1.54) is 5.56 Å². The van der Waals surface area contributed by atoms with Gasteiger partial charge in [-0.2, -0.15) is 0 Å². The van der Waals surface area contributed by atoms with E-state index >= 15 is 0 Å². The van der Waals surface area contributed by atoms with E-state index in [1.807, 2.05) is 11.8 Å². The number of terminal acetylenes is 1. The minimum Gasteiger partial charge on any atom is -0.313 e. The molecule has 19 heavy (non-hydrogen) atoms. The Kier molecular flexibility index (Phi) is 7.05. The lowest BCUT2D eigenvalue weighted by atomic mass is 9.79. The van der Waals surface area contributed by atoms with Gasteiger partial charge in [-0.3, -0.25) is 0 Å². The summed E-state index contributed by atoms with van der Waals surface area (Å²) in [5.41, 5.74) is 1.62. The molecule has 2 heteroatoms. The Labute approximate surface area is 122 Å². The first-order chi connectivity index (χ1) is 9.06. The minimum atomic E-state index is 0.208. The van der Waals surface area contributed by atoms with Crippen molar-refractivity contribution in [1.82, 2.24) is 5.32 Å². The van der Waals surface area contributed by atoms with Gasteiger partial charge in [-0.1, -0.05) is 50.1 Å². The van der Waals surface area contributed by atoms with E-state index < -0.39 is 0 Å². The molecule has 0 saturated carbocycles. The summed E-state index contributed by atoms with van der Waals surface area (Å²) in [5.74, 6) is 4.55. The second-order valence-corrected chi connectivity index (χ2v) is 6.67. The van der Waals surface area contributed by atoms with Gasteiger partial charge in [0.25, 0.3) is 0 Å². The van der Waals surface area contributed by atoms with Gasteiger partial charge < -0.3 is 5.32 Å². The zero-order chi connectivity index (χ0) is 14.1. The monoisotopic (exact) mass is 275 g/mol. The van der Waals surface area contributed by atoms with Gasteiger partial charge in [0, 0.05) is 18.3 Å². The summed E-state index contributed by atoms with van der Waals surface area (Å²) in [6, 6.07) is 11.3. The average molecular weight is 275 g/mol. The molecule has 0 aliphatic heterocycles. The fourth-order valence-corrected chi connectivity index (χ4v) is 2.88. The van der Waals surface area contributed by atoms with Crippen molar-refractivity contribution in [3.05, 3.63) is 35.9 Å². The Morgan fingerprint density at radius 1 is 1.32 bits per heavy atom. The van der Waals surface area contributed by atoms with Crippen LogP contribution >= 0.6 is 11.8 Å². The van der Waals surface area contributed by atoms with Crippen LogP contribution in [0.25, 0.3) is 0 Å². The highest BCUT2D eigenvalue weighted by Gasteiger charge is 2.22. The summed E-state index contributed by atoms with van der Waals surface area (Å²) in [5, 5.41) is 3.58. The molecular weight excluding hydrogens is 250 g/mol. The molecule has 1 rings (SSSR count). The molecule has 0 fully saturated rings. The van der Waals surface area contributed by atoms with Crippen LogP contribution in [-0.2, 0) is 5.41 Å². The van der Waals surface area contributed by atoms with Crippen molar-refractivity contribution in [2.24, 2.45) is 0 Å². The molecule has 0 bridgehead atoms. The number of hydrogen-bond donors (Lipinski definition) is 1. The smallest absolute Gasteiger partial charge is 0.0545 e. The van der Waals surface area contributed by atoms with Crippen molar-refractivity contribution in [3.8, 4) is 12.3 Å². The molecule has 0 radical (unpaired) electrons. The summed E-state index contributed by atoms with van der Waals surface area (Å²) in [6.45, 7) is 7.91. The van der Waals surface area contributed by atoms with Crippen LogP contribution < -0.4 is 5.32 Å². The lowest BCUT2D eigenvalue weighted by Crippen LogP contribution is -2.34. The van der Waals surface area contributed by atoms with E-state index in [9.17, 15) is 0 Å². The first kappa shape index (κ1) is 16.1. The predicted molar refractivity (Wildman–Crippen MR) is 87.7 cm³/mol. The van der Waals surface area contributed by atoms with Crippen molar-refractivity contribution in [3.63, 3.8) is 0 Å². The Balaban J connectivity index is 2.35. The average Bonchev–Trinajstić information content (AvgIpc) is 2.39. The maximum absolute atomic E-state index is 5.23. The van der Waals surface area contributed by atoms with E-state index in [1.54, 1.807) is 0 Å². The first-order valence-corrected chi connectivity index (χ1v) is 8.02. The number of hydrogen-bond acceptors (Lipinski definition) is 2. The molecule has 0 aliphatic rings. The van der Waals surface area contributed by atoms with Crippen molar-refractivity contribution >= 4 is 11.8 Å². The van der Waals surface area contributed by atoms with Gasteiger partial charge in [-0.15, -0.1) is 18.2 Å². The highest BCUT2D eigenvalue weighted by Crippen LogP contribution is 2.27. The standard InChI is InChI=1S/C17H25NS/c1-5-12-19-13-11-18-15(2)14-17(3,4)16-9-7-6-8-10-16/h1,6-10,15,18H,11-14H2,2-4H3. The number of benzene rings is 1. The maximum Gasteiger partial charge on any atom is 0.0545 e. The van der Waals surface area contributed by atoms with Crippen LogP contribution in [0.5, 0.6) is 0 Å². The van der Waals surface area contributed by atoms with E-state index in [0.29, 0.717) is 6.04 Å². The van der Waals surface area contributed by atoms with Crippen LogP contribution in [-0.4, -0.2) is 24.1 Å². The summed E-state index contributed by atoms with van der Waals surface area (Å²) in [6.07, 6.45) is 6.36. The topological polar surface area (TPSA) is 12.0 Å². The summed E-state index contributed by atoms with van der Waals surface area (Å²) < 4.78 is 0. The lowest BCUT2D eigenvalue weighted by molar-refractivity contribution is 0.395. The Morgan fingerprint density at radius 2 is 2.00 bits per heavy atom. The summed E-state index contributed by atoms with van der Waals surface area (Å²) >= 11 is 1.81.